The van der Waals surface area contributed by atoms with Gasteiger partial charge < -0.3 is 9.30 Å². The second kappa shape index (κ2) is 5.91. The van der Waals surface area contributed by atoms with Crippen LogP contribution < -0.4 is 4.74 Å². The molecule has 1 aromatic carbocycles. The molecule has 0 atom stereocenters. The molecule has 0 aliphatic rings. The summed E-state index contributed by atoms with van der Waals surface area (Å²) < 4.78 is 7.68. The first-order chi connectivity index (χ1) is 10.3. The summed E-state index contributed by atoms with van der Waals surface area (Å²) in [7, 11) is 0. The number of fused-ring (bicyclic) bond motifs is 1. The van der Waals surface area contributed by atoms with Crippen molar-refractivity contribution < 1.29 is 4.74 Å². The van der Waals surface area contributed by atoms with E-state index in [2.05, 4.69) is 34.0 Å². The van der Waals surface area contributed by atoms with Crippen LogP contribution in [-0.4, -0.2) is 26.1 Å². The van der Waals surface area contributed by atoms with E-state index >= 15 is 0 Å². The normalized spacial score (nSPS) is 11.0. The summed E-state index contributed by atoms with van der Waals surface area (Å²) >= 11 is 0. The lowest BCUT2D eigenvalue weighted by molar-refractivity contribution is 0.302. The number of aryl methyl sites for hydroxylation is 1. The zero-order chi connectivity index (χ0) is 14.7. The summed E-state index contributed by atoms with van der Waals surface area (Å²) in [4.78, 5) is 13.2. The van der Waals surface area contributed by atoms with Crippen molar-refractivity contribution in [2.75, 3.05) is 6.61 Å². The van der Waals surface area contributed by atoms with Gasteiger partial charge in [-0.1, -0.05) is 13.0 Å². The van der Waals surface area contributed by atoms with Crippen molar-refractivity contribution in [3.05, 3.63) is 48.2 Å². The molecule has 0 spiro atoms. The molecule has 0 amide bonds. The fraction of sp³-hybridized carbons (Fsp3) is 0.312. The first-order valence-electron chi connectivity index (χ1n) is 7.12. The predicted octanol–water partition coefficient (Wildman–Crippen LogP) is 2.97. The van der Waals surface area contributed by atoms with Crippen molar-refractivity contribution in [1.82, 2.24) is 19.5 Å². The maximum absolute atomic E-state index is 5.65. The Hall–Kier alpha value is -2.43. The lowest BCUT2D eigenvalue weighted by Gasteiger charge is -2.09. The van der Waals surface area contributed by atoms with Crippen LogP contribution in [0.4, 0.5) is 0 Å². The SMILES string of the molecule is CCCOc1nc2cc(Cn3ccnc3)ccc2nc1C. The molecule has 5 nitrogen and oxygen atoms in total. The molecular formula is C16H18N4O. The highest BCUT2D eigenvalue weighted by Crippen LogP contribution is 2.20. The van der Waals surface area contributed by atoms with Crippen LogP contribution in [0.1, 0.15) is 24.6 Å². The summed E-state index contributed by atoms with van der Waals surface area (Å²) in [6.07, 6.45) is 6.49. The first kappa shape index (κ1) is 13.5. The number of hydrogen-bond donors (Lipinski definition) is 0. The van der Waals surface area contributed by atoms with Crippen LogP contribution in [0.15, 0.2) is 36.9 Å². The molecule has 0 saturated heterocycles. The van der Waals surface area contributed by atoms with Crippen LogP contribution in [0, 0.1) is 6.92 Å². The van der Waals surface area contributed by atoms with Crippen molar-refractivity contribution in [1.29, 1.82) is 0 Å². The Balaban J connectivity index is 1.93. The fourth-order valence-electron chi connectivity index (χ4n) is 2.20. The van der Waals surface area contributed by atoms with Gasteiger partial charge in [0.1, 0.15) is 5.69 Å². The van der Waals surface area contributed by atoms with Crippen molar-refractivity contribution in [2.24, 2.45) is 0 Å². The van der Waals surface area contributed by atoms with Gasteiger partial charge in [0.15, 0.2) is 0 Å². The number of nitrogens with zero attached hydrogens (tertiary/aromatic N) is 4. The highest BCUT2D eigenvalue weighted by molar-refractivity contribution is 5.75. The van der Waals surface area contributed by atoms with Crippen molar-refractivity contribution >= 4 is 11.0 Å². The third-order valence-corrected chi connectivity index (χ3v) is 3.23. The van der Waals surface area contributed by atoms with Crippen molar-refractivity contribution in [3.63, 3.8) is 0 Å². The highest BCUT2D eigenvalue weighted by atomic mass is 16.5. The van der Waals surface area contributed by atoms with Gasteiger partial charge in [-0.25, -0.2) is 15.0 Å². The maximum Gasteiger partial charge on any atom is 0.235 e. The number of imidazole rings is 1. The molecule has 3 rings (SSSR count). The minimum atomic E-state index is 0.629. The molecule has 0 saturated carbocycles. The van der Waals surface area contributed by atoms with Gasteiger partial charge in [0.2, 0.25) is 5.88 Å². The number of aromatic nitrogens is 4. The molecule has 2 heterocycles. The van der Waals surface area contributed by atoms with Gasteiger partial charge in [-0.05, 0) is 31.0 Å². The third-order valence-electron chi connectivity index (χ3n) is 3.23. The second-order valence-electron chi connectivity index (χ2n) is 5.02. The van der Waals surface area contributed by atoms with E-state index in [9.17, 15) is 0 Å². The molecule has 0 bridgehead atoms. The van der Waals surface area contributed by atoms with Gasteiger partial charge in [0.05, 0.1) is 24.0 Å². The molecule has 2 aromatic heterocycles. The summed E-state index contributed by atoms with van der Waals surface area (Å²) in [5, 5.41) is 0. The molecule has 0 fully saturated rings. The molecule has 21 heavy (non-hydrogen) atoms. The van der Waals surface area contributed by atoms with Crippen LogP contribution in [0.3, 0.4) is 0 Å². The number of rotatable bonds is 5. The Kier molecular flexibility index (Phi) is 3.81. The molecule has 0 aliphatic heterocycles. The van der Waals surface area contributed by atoms with E-state index in [1.807, 2.05) is 23.8 Å². The lowest BCUT2D eigenvalue weighted by Crippen LogP contribution is -2.02. The Bertz CT molecular complexity index is 737. The number of hydrogen-bond acceptors (Lipinski definition) is 4. The average Bonchev–Trinajstić information content (AvgIpc) is 2.98. The van der Waals surface area contributed by atoms with E-state index in [4.69, 9.17) is 4.74 Å². The third kappa shape index (κ3) is 3.02. The predicted molar refractivity (Wildman–Crippen MR) is 81.4 cm³/mol. The quantitative estimate of drug-likeness (QED) is 0.722. The van der Waals surface area contributed by atoms with E-state index in [1.54, 1.807) is 12.5 Å². The van der Waals surface area contributed by atoms with E-state index in [0.29, 0.717) is 12.5 Å². The summed E-state index contributed by atoms with van der Waals surface area (Å²) in [5.41, 5.74) is 3.76. The Morgan fingerprint density at radius 2 is 2.10 bits per heavy atom. The minimum Gasteiger partial charge on any atom is -0.476 e. The van der Waals surface area contributed by atoms with Crippen LogP contribution in [0.5, 0.6) is 5.88 Å². The van der Waals surface area contributed by atoms with Crippen LogP contribution >= 0.6 is 0 Å². The molecule has 108 valence electrons. The van der Waals surface area contributed by atoms with Crippen LogP contribution in [-0.2, 0) is 6.54 Å². The van der Waals surface area contributed by atoms with E-state index in [-0.39, 0.29) is 0 Å². The van der Waals surface area contributed by atoms with Crippen molar-refractivity contribution in [3.8, 4) is 5.88 Å². The maximum atomic E-state index is 5.65. The van der Waals surface area contributed by atoms with Gasteiger partial charge in [0.25, 0.3) is 0 Å². The Morgan fingerprint density at radius 3 is 2.86 bits per heavy atom. The van der Waals surface area contributed by atoms with Gasteiger partial charge in [0, 0.05) is 18.9 Å². The van der Waals surface area contributed by atoms with Gasteiger partial charge in [-0.2, -0.15) is 0 Å². The summed E-state index contributed by atoms with van der Waals surface area (Å²) in [6, 6.07) is 6.13. The smallest absolute Gasteiger partial charge is 0.235 e. The molecule has 0 N–H and O–H groups in total. The average molecular weight is 282 g/mol. The van der Waals surface area contributed by atoms with Gasteiger partial charge >= 0.3 is 0 Å². The molecule has 0 aliphatic carbocycles. The monoisotopic (exact) mass is 282 g/mol. The lowest BCUT2D eigenvalue weighted by atomic mass is 10.2. The molecule has 0 unspecified atom stereocenters. The summed E-state index contributed by atoms with van der Waals surface area (Å²) in [5.74, 6) is 0.629. The standard InChI is InChI=1S/C16H18N4O/c1-3-8-21-16-12(2)18-14-5-4-13(9-15(14)19-16)10-20-7-6-17-11-20/h4-7,9,11H,3,8,10H2,1-2H3. The van der Waals surface area contributed by atoms with Crippen LogP contribution in [0.2, 0.25) is 0 Å². The minimum absolute atomic E-state index is 0.629. The second-order valence-corrected chi connectivity index (χ2v) is 5.02. The fourth-order valence-corrected chi connectivity index (χ4v) is 2.20. The number of ether oxygens (including phenoxy) is 1. The molecule has 0 radical (unpaired) electrons. The number of benzene rings is 1. The molecule has 5 heteroatoms. The van der Waals surface area contributed by atoms with Gasteiger partial charge in [-0.3, -0.25) is 0 Å². The zero-order valence-electron chi connectivity index (χ0n) is 12.3. The summed E-state index contributed by atoms with van der Waals surface area (Å²) in [6.45, 7) is 5.44. The first-order valence-corrected chi connectivity index (χ1v) is 7.12. The van der Waals surface area contributed by atoms with Crippen molar-refractivity contribution in [2.45, 2.75) is 26.8 Å². The van der Waals surface area contributed by atoms with Gasteiger partial charge in [-0.15, -0.1) is 0 Å². The molecule has 3 aromatic rings. The Morgan fingerprint density at radius 1 is 1.19 bits per heavy atom. The van der Waals surface area contributed by atoms with Crippen LogP contribution in [0.25, 0.3) is 11.0 Å². The van der Waals surface area contributed by atoms with E-state index in [1.165, 1.54) is 5.56 Å². The Labute approximate surface area is 123 Å². The van der Waals surface area contributed by atoms with E-state index in [0.717, 1.165) is 29.7 Å². The topological polar surface area (TPSA) is 52.8 Å². The molecular weight excluding hydrogens is 264 g/mol. The van der Waals surface area contributed by atoms with E-state index < -0.39 is 0 Å². The zero-order valence-corrected chi connectivity index (χ0v) is 12.3. The highest BCUT2D eigenvalue weighted by Gasteiger charge is 2.07. The largest absolute Gasteiger partial charge is 0.476 e.